The summed E-state index contributed by atoms with van der Waals surface area (Å²) in [6.45, 7) is 0. The summed E-state index contributed by atoms with van der Waals surface area (Å²) in [5.74, 6) is -3.72. The van der Waals surface area contributed by atoms with E-state index in [0.29, 0.717) is 0 Å². The van der Waals surface area contributed by atoms with Gasteiger partial charge in [0, 0.05) is 7.05 Å². The molecule has 0 unspecified atom stereocenters. The van der Waals surface area contributed by atoms with Gasteiger partial charge >= 0.3 is 18.1 Å². The molecule has 98 valence electrons. The lowest BCUT2D eigenvalue weighted by atomic mass is 10.2. The van der Waals surface area contributed by atoms with Crippen LogP contribution in [0.4, 0.5) is 18.9 Å². The Hall–Kier alpha value is -1.83. The Morgan fingerprint density at radius 3 is 2.44 bits per heavy atom. The minimum atomic E-state index is -5.11. The number of alkyl halides is 3. The molecular weight excluding hydrogens is 277 g/mol. The van der Waals surface area contributed by atoms with Crippen molar-refractivity contribution >= 4 is 29.2 Å². The fourth-order valence-corrected chi connectivity index (χ4v) is 1.32. The number of hydrogen-bond acceptors (Lipinski definition) is 3. The molecule has 0 saturated carbocycles. The average Bonchev–Trinajstić information content (AvgIpc) is 2.25. The molecule has 0 spiro atoms. The Bertz CT molecular complexity index is 504. The van der Waals surface area contributed by atoms with E-state index < -0.39 is 29.3 Å². The van der Waals surface area contributed by atoms with Gasteiger partial charge in [0.15, 0.2) is 0 Å². The number of anilines is 1. The highest BCUT2D eigenvalue weighted by Gasteiger charge is 2.42. The molecule has 1 amide bonds. The highest BCUT2D eigenvalue weighted by Crippen LogP contribution is 2.26. The number of amides is 1. The molecule has 0 aromatic carbocycles. The second-order valence-electron chi connectivity index (χ2n) is 3.19. The zero-order chi connectivity index (χ0) is 14.1. The molecular formula is C9H6ClF3N2O3. The lowest BCUT2D eigenvalue weighted by Gasteiger charge is -2.20. The number of aromatic carboxylic acids is 1. The number of carboxylic acid groups (broad SMARTS) is 1. The number of pyridine rings is 1. The molecule has 0 radical (unpaired) electrons. The van der Waals surface area contributed by atoms with Crippen LogP contribution in [0.2, 0.25) is 5.15 Å². The molecule has 0 aliphatic heterocycles. The topological polar surface area (TPSA) is 70.5 Å². The largest absolute Gasteiger partial charge is 0.478 e. The summed E-state index contributed by atoms with van der Waals surface area (Å²) in [6, 6.07) is 0.860. The molecule has 1 aromatic heterocycles. The summed E-state index contributed by atoms with van der Waals surface area (Å²) >= 11 is 5.43. The number of aromatic nitrogens is 1. The smallest absolute Gasteiger partial charge is 0.471 e. The molecule has 0 fully saturated rings. The highest BCUT2D eigenvalue weighted by molar-refractivity contribution is 6.29. The first-order valence-electron chi connectivity index (χ1n) is 4.38. The second-order valence-corrected chi connectivity index (χ2v) is 3.58. The van der Waals surface area contributed by atoms with Crippen LogP contribution in [0.3, 0.4) is 0 Å². The average molecular weight is 283 g/mol. The number of carbonyl (C=O) groups is 2. The molecule has 5 nitrogen and oxygen atoms in total. The fourth-order valence-electron chi connectivity index (χ4n) is 1.16. The lowest BCUT2D eigenvalue weighted by Crippen LogP contribution is -2.39. The van der Waals surface area contributed by atoms with Crippen LogP contribution >= 0.6 is 11.6 Å². The number of nitrogens with zero attached hydrogens (tertiary/aromatic N) is 2. The number of carboxylic acids is 1. The molecule has 1 N–H and O–H groups in total. The monoisotopic (exact) mass is 282 g/mol. The Kier molecular flexibility index (Phi) is 3.80. The van der Waals surface area contributed by atoms with Crippen molar-refractivity contribution in [3.05, 3.63) is 23.0 Å². The van der Waals surface area contributed by atoms with E-state index in [9.17, 15) is 22.8 Å². The van der Waals surface area contributed by atoms with Crippen molar-refractivity contribution in [1.82, 2.24) is 4.98 Å². The van der Waals surface area contributed by atoms with Crippen LogP contribution in [-0.4, -0.2) is 35.2 Å². The van der Waals surface area contributed by atoms with Crippen molar-refractivity contribution in [1.29, 1.82) is 0 Å². The molecule has 0 atom stereocenters. The van der Waals surface area contributed by atoms with Crippen LogP contribution < -0.4 is 4.90 Å². The molecule has 1 heterocycles. The Labute approximate surface area is 104 Å². The zero-order valence-electron chi connectivity index (χ0n) is 8.82. The third kappa shape index (κ3) is 2.89. The molecule has 0 bridgehead atoms. The first-order chi connectivity index (χ1) is 8.14. The van der Waals surface area contributed by atoms with E-state index >= 15 is 0 Å². The van der Waals surface area contributed by atoms with Crippen LogP contribution in [0, 0.1) is 0 Å². The summed E-state index contributed by atoms with van der Waals surface area (Å²) < 4.78 is 36.6. The summed E-state index contributed by atoms with van der Waals surface area (Å²) in [7, 11) is 0.799. The van der Waals surface area contributed by atoms with Crippen molar-refractivity contribution in [3.63, 3.8) is 0 Å². The van der Waals surface area contributed by atoms with Crippen LogP contribution in [0.15, 0.2) is 12.3 Å². The summed E-state index contributed by atoms with van der Waals surface area (Å²) in [5.41, 5.74) is -1.04. The SMILES string of the molecule is CN(C(=O)C(F)(F)F)c1cnc(Cl)cc1C(=O)O. The van der Waals surface area contributed by atoms with E-state index in [1.54, 1.807) is 0 Å². The van der Waals surface area contributed by atoms with Gasteiger partial charge in [0.2, 0.25) is 0 Å². The standard InChI is InChI=1S/C9H6ClF3N2O3/c1-15(8(18)9(11,12)13)5-3-14-6(10)2-4(5)7(16)17/h2-3H,1H3,(H,16,17). The summed E-state index contributed by atoms with van der Waals surface area (Å²) in [4.78, 5) is 25.4. The molecule has 0 saturated heterocycles. The van der Waals surface area contributed by atoms with E-state index in [4.69, 9.17) is 16.7 Å². The van der Waals surface area contributed by atoms with Gasteiger partial charge in [0.05, 0.1) is 17.4 Å². The third-order valence-corrected chi connectivity index (χ3v) is 2.20. The van der Waals surface area contributed by atoms with Gasteiger partial charge in [-0.1, -0.05) is 11.6 Å². The minimum absolute atomic E-state index is 0.160. The normalized spacial score (nSPS) is 11.2. The van der Waals surface area contributed by atoms with Crippen LogP contribution in [0.25, 0.3) is 0 Å². The van der Waals surface area contributed by atoms with Crippen LogP contribution in [0.1, 0.15) is 10.4 Å². The van der Waals surface area contributed by atoms with Gasteiger partial charge in [-0.05, 0) is 6.07 Å². The highest BCUT2D eigenvalue weighted by atomic mass is 35.5. The zero-order valence-corrected chi connectivity index (χ0v) is 9.58. The maximum Gasteiger partial charge on any atom is 0.471 e. The number of halogens is 4. The van der Waals surface area contributed by atoms with Gasteiger partial charge in [0.1, 0.15) is 5.15 Å². The van der Waals surface area contributed by atoms with Crippen LogP contribution in [-0.2, 0) is 4.79 Å². The van der Waals surface area contributed by atoms with Crippen molar-refractivity contribution in [2.45, 2.75) is 6.18 Å². The molecule has 18 heavy (non-hydrogen) atoms. The van der Waals surface area contributed by atoms with Gasteiger partial charge in [-0.25, -0.2) is 9.78 Å². The maximum atomic E-state index is 12.2. The van der Waals surface area contributed by atoms with Gasteiger partial charge in [0.25, 0.3) is 0 Å². The Morgan fingerprint density at radius 1 is 1.44 bits per heavy atom. The van der Waals surface area contributed by atoms with E-state index in [1.807, 2.05) is 0 Å². The number of hydrogen-bond donors (Lipinski definition) is 1. The van der Waals surface area contributed by atoms with Crippen molar-refractivity contribution in [2.24, 2.45) is 0 Å². The molecule has 1 aromatic rings. The minimum Gasteiger partial charge on any atom is -0.478 e. The summed E-state index contributed by atoms with van der Waals surface area (Å²) in [6.07, 6.45) is -4.32. The first-order valence-corrected chi connectivity index (χ1v) is 4.76. The van der Waals surface area contributed by atoms with Gasteiger partial charge in [-0.3, -0.25) is 4.79 Å². The van der Waals surface area contributed by atoms with Gasteiger partial charge < -0.3 is 10.0 Å². The summed E-state index contributed by atoms with van der Waals surface area (Å²) in [5, 5.41) is 8.61. The predicted molar refractivity (Wildman–Crippen MR) is 55.7 cm³/mol. The quantitative estimate of drug-likeness (QED) is 0.842. The van der Waals surface area contributed by atoms with Crippen molar-refractivity contribution < 1.29 is 27.9 Å². The van der Waals surface area contributed by atoms with Crippen molar-refractivity contribution in [2.75, 3.05) is 11.9 Å². The number of carbonyl (C=O) groups excluding carboxylic acids is 1. The molecule has 1 rings (SSSR count). The van der Waals surface area contributed by atoms with Crippen molar-refractivity contribution in [3.8, 4) is 0 Å². The van der Waals surface area contributed by atoms with E-state index in [0.717, 1.165) is 19.3 Å². The molecule has 0 aliphatic rings. The van der Waals surface area contributed by atoms with Gasteiger partial charge in [-0.15, -0.1) is 0 Å². The fraction of sp³-hybridized carbons (Fsp3) is 0.222. The Morgan fingerprint density at radius 2 is 2.00 bits per heavy atom. The van der Waals surface area contributed by atoms with E-state index in [1.165, 1.54) is 0 Å². The second kappa shape index (κ2) is 4.81. The van der Waals surface area contributed by atoms with Gasteiger partial charge in [-0.2, -0.15) is 13.2 Å². The molecule has 9 heteroatoms. The maximum absolute atomic E-state index is 12.2. The first kappa shape index (κ1) is 14.2. The van der Waals surface area contributed by atoms with Crippen LogP contribution in [0.5, 0.6) is 0 Å². The third-order valence-electron chi connectivity index (χ3n) is 1.99. The van der Waals surface area contributed by atoms with E-state index in [2.05, 4.69) is 4.98 Å². The lowest BCUT2D eigenvalue weighted by molar-refractivity contribution is -0.170. The number of rotatable bonds is 2. The van der Waals surface area contributed by atoms with E-state index in [-0.39, 0.29) is 10.1 Å². The Balaban J connectivity index is 3.25. The molecule has 0 aliphatic carbocycles. The predicted octanol–water partition coefficient (Wildman–Crippen LogP) is 1.96.